The van der Waals surface area contributed by atoms with Gasteiger partial charge in [-0.25, -0.2) is 0 Å². The number of hydrogen-bond donors (Lipinski definition) is 0. The van der Waals surface area contributed by atoms with Crippen LogP contribution in [0, 0.1) is 0 Å². The second-order valence-corrected chi connectivity index (χ2v) is 16.7. The molecule has 2 rings (SSSR count). The molecule has 0 heterocycles. The van der Waals surface area contributed by atoms with Gasteiger partial charge in [0.25, 0.3) is 0 Å². The van der Waals surface area contributed by atoms with Gasteiger partial charge < -0.3 is 0 Å². The third kappa shape index (κ3) is 5.67. The van der Waals surface area contributed by atoms with Crippen LogP contribution >= 0.6 is 11.8 Å². The predicted octanol–water partition coefficient (Wildman–Crippen LogP) is 8.97. The molecule has 1 nitrogen and oxygen atoms in total. The molecule has 0 aliphatic rings. The first-order chi connectivity index (χ1) is 14.2. The predicted molar refractivity (Wildman–Crippen MR) is 136 cm³/mol. The number of hydrogen-bond acceptors (Lipinski definition) is 2. The van der Waals surface area contributed by atoms with Gasteiger partial charge in [0, 0.05) is 21.8 Å². The maximum Gasteiger partial charge on any atom is 0.137 e. The standard InChI is InChI=1S/C27H40OSSi/c1-8-14-24(26(28)19-30(20(2)3,21(4)5)22(6)7)25-17-12-13-18-27(25)29-23-15-10-9-11-16-23/h9-13,15-18,20-22,24H,8,14,19H2,1-7H3. The summed E-state index contributed by atoms with van der Waals surface area (Å²) < 4.78 is 0. The zero-order valence-electron chi connectivity index (χ0n) is 19.9. The van der Waals surface area contributed by atoms with Crippen molar-refractivity contribution in [3.05, 3.63) is 60.2 Å². The molecule has 1 unspecified atom stereocenters. The second kappa shape index (κ2) is 11.3. The fraction of sp³-hybridized carbons (Fsp3) is 0.519. The van der Waals surface area contributed by atoms with E-state index < -0.39 is 8.07 Å². The molecule has 1 atom stereocenters. The summed E-state index contributed by atoms with van der Waals surface area (Å²) >= 11 is 1.78. The van der Waals surface area contributed by atoms with Crippen molar-refractivity contribution in [1.29, 1.82) is 0 Å². The second-order valence-electron chi connectivity index (χ2n) is 9.51. The fourth-order valence-electron chi connectivity index (χ4n) is 5.29. The first-order valence-corrected chi connectivity index (χ1v) is 14.8. The van der Waals surface area contributed by atoms with Crippen LogP contribution in [-0.4, -0.2) is 13.9 Å². The third-order valence-electron chi connectivity index (χ3n) is 6.94. The summed E-state index contributed by atoms with van der Waals surface area (Å²) in [5.41, 5.74) is 3.05. The molecule has 2 aromatic rings. The van der Waals surface area contributed by atoms with Crippen molar-refractivity contribution in [2.75, 3.05) is 0 Å². The van der Waals surface area contributed by atoms with E-state index in [0.717, 1.165) is 18.9 Å². The van der Waals surface area contributed by atoms with Gasteiger partial charge in [-0.05, 0) is 30.2 Å². The summed E-state index contributed by atoms with van der Waals surface area (Å²) in [5.74, 6) is 0.478. The molecule has 0 aliphatic carbocycles. The largest absolute Gasteiger partial charge is 0.299 e. The van der Waals surface area contributed by atoms with Crippen LogP contribution in [0.25, 0.3) is 0 Å². The smallest absolute Gasteiger partial charge is 0.137 e. The number of Topliss-reactive ketones (excluding diaryl/α,β-unsaturated/α-hetero) is 1. The molecule has 0 bridgehead atoms. The van der Waals surface area contributed by atoms with E-state index in [9.17, 15) is 4.79 Å². The summed E-state index contributed by atoms with van der Waals surface area (Å²) in [7, 11) is -1.76. The van der Waals surface area contributed by atoms with E-state index in [1.807, 2.05) is 6.07 Å². The van der Waals surface area contributed by atoms with E-state index in [1.165, 1.54) is 15.4 Å². The highest BCUT2D eigenvalue weighted by molar-refractivity contribution is 7.99. The minimum Gasteiger partial charge on any atom is -0.299 e. The molecule has 0 saturated heterocycles. The van der Waals surface area contributed by atoms with E-state index in [1.54, 1.807) is 11.8 Å². The van der Waals surface area contributed by atoms with Gasteiger partial charge in [0.05, 0.1) is 8.07 Å². The molecule has 164 valence electrons. The molecular weight excluding hydrogens is 400 g/mol. The zero-order chi connectivity index (χ0) is 22.3. The van der Waals surface area contributed by atoms with Crippen molar-refractivity contribution in [1.82, 2.24) is 0 Å². The minimum atomic E-state index is -1.76. The van der Waals surface area contributed by atoms with Crippen molar-refractivity contribution in [2.24, 2.45) is 0 Å². The van der Waals surface area contributed by atoms with Crippen LogP contribution in [0.4, 0.5) is 0 Å². The number of carbonyl (C=O) groups excluding carboxylic acids is 1. The van der Waals surface area contributed by atoms with Crippen LogP contribution in [-0.2, 0) is 4.79 Å². The highest BCUT2D eigenvalue weighted by atomic mass is 32.2. The highest BCUT2D eigenvalue weighted by Crippen LogP contribution is 2.46. The Balaban J connectivity index is 2.41. The van der Waals surface area contributed by atoms with Gasteiger partial charge in [-0.3, -0.25) is 4.79 Å². The first kappa shape index (κ1) is 24.9. The van der Waals surface area contributed by atoms with Crippen molar-refractivity contribution in [2.45, 2.75) is 99.7 Å². The molecule has 0 amide bonds. The van der Waals surface area contributed by atoms with Crippen molar-refractivity contribution in [3.63, 3.8) is 0 Å². The van der Waals surface area contributed by atoms with Crippen molar-refractivity contribution < 1.29 is 4.79 Å². The number of ketones is 1. The Hall–Kier alpha value is -1.32. The maximum absolute atomic E-state index is 13.9. The van der Waals surface area contributed by atoms with Gasteiger partial charge in [-0.2, -0.15) is 0 Å². The molecule has 0 aliphatic heterocycles. The Bertz CT molecular complexity index is 776. The van der Waals surface area contributed by atoms with Gasteiger partial charge in [-0.15, -0.1) is 0 Å². The molecule has 0 aromatic heterocycles. The fourth-order valence-corrected chi connectivity index (χ4v) is 12.4. The van der Waals surface area contributed by atoms with Crippen molar-refractivity contribution >= 4 is 25.6 Å². The molecule has 0 fully saturated rings. The lowest BCUT2D eigenvalue weighted by Gasteiger charge is -2.43. The average Bonchev–Trinajstić information content (AvgIpc) is 2.70. The van der Waals surface area contributed by atoms with Gasteiger partial charge in [-0.1, -0.05) is 120 Å². The van der Waals surface area contributed by atoms with Crippen LogP contribution in [0.2, 0.25) is 22.7 Å². The van der Waals surface area contributed by atoms with Crippen LogP contribution in [0.1, 0.15) is 72.8 Å². The molecule has 0 N–H and O–H groups in total. The zero-order valence-corrected chi connectivity index (χ0v) is 21.8. The number of carbonyl (C=O) groups is 1. The summed E-state index contributed by atoms with van der Waals surface area (Å²) in [6.45, 7) is 16.3. The van der Waals surface area contributed by atoms with Crippen molar-refractivity contribution in [3.8, 4) is 0 Å². The lowest BCUT2D eigenvalue weighted by Crippen LogP contribution is -2.46. The molecule has 3 heteroatoms. The van der Waals surface area contributed by atoms with E-state index in [-0.39, 0.29) is 5.92 Å². The van der Waals surface area contributed by atoms with Crippen LogP contribution < -0.4 is 0 Å². The first-order valence-electron chi connectivity index (χ1n) is 11.6. The lowest BCUT2D eigenvalue weighted by atomic mass is 9.91. The Morgan fingerprint density at radius 3 is 1.90 bits per heavy atom. The molecule has 2 aromatic carbocycles. The number of benzene rings is 2. The van der Waals surface area contributed by atoms with Crippen LogP contribution in [0.5, 0.6) is 0 Å². The highest BCUT2D eigenvalue weighted by Gasteiger charge is 2.45. The van der Waals surface area contributed by atoms with Gasteiger partial charge in [0.15, 0.2) is 0 Å². The molecule has 30 heavy (non-hydrogen) atoms. The van der Waals surface area contributed by atoms with Crippen LogP contribution in [0.15, 0.2) is 64.4 Å². The van der Waals surface area contributed by atoms with Gasteiger partial charge in [0.2, 0.25) is 0 Å². The van der Waals surface area contributed by atoms with Crippen LogP contribution in [0.3, 0.4) is 0 Å². The summed E-state index contributed by atoms with van der Waals surface area (Å²) in [4.78, 5) is 16.3. The van der Waals surface area contributed by atoms with Gasteiger partial charge >= 0.3 is 0 Å². The topological polar surface area (TPSA) is 17.1 Å². The molecule has 0 spiro atoms. The Morgan fingerprint density at radius 1 is 0.833 bits per heavy atom. The molecule has 0 radical (unpaired) electrons. The summed E-state index contributed by atoms with van der Waals surface area (Å²) in [6, 6.07) is 19.9. The SMILES string of the molecule is CCCC(C(=O)C[Si](C(C)C)(C(C)C)C(C)C)c1ccccc1Sc1ccccc1. The quantitative estimate of drug-likeness (QED) is 0.324. The monoisotopic (exact) mass is 440 g/mol. The van der Waals surface area contributed by atoms with E-state index >= 15 is 0 Å². The Labute approximate surface area is 190 Å². The van der Waals surface area contributed by atoms with Gasteiger partial charge in [0.1, 0.15) is 5.78 Å². The number of rotatable bonds is 11. The third-order valence-corrected chi connectivity index (χ3v) is 15.4. The molecule has 0 saturated carbocycles. The summed E-state index contributed by atoms with van der Waals surface area (Å²) in [6.07, 6.45) is 1.96. The van der Waals surface area contributed by atoms with E-state index in [0.29, 0.717) is 22.4 Å². The minimum absolute atomic E-state index is 0.00513. The Morgan fingerprint density at radius 2 is 1.37 bits per heavy atom. The van der Waals surface area contributed by atoms with E-state index in [2.05, 4.69) is 97.0 Å². The molecular formula is C27H40OSSi. The lowest BCUT2D eigenvalue weighted by molar-refractivity contribution is -0.118. The Kier molecular flexibility index (Phi) is 9.43. The maximum atomic E-state index is 13.9. The average molecular weight is 441 g/mol. The van der Waals surface area contributed by atoms with E-state index in [4.69, 9.17) is 0 Å². The summed E-state index contributed by atoms with van der Waals surface area (Å²) in [5, 5.41) is 0. The normalized spacial score (nSPS) is 13.3.